The highest BCUT2D eigenvalue weighted by atomic mass is 127. The molecule has 0 aliphatic carbocycles. The van der Waals surface area contributed by atoms with Crippen molar-refractivity contribution >= 4 is 29.9 Å². The van der Waals surface area contributed by atoms with Crippen molar-refractivity contribution < 1.29 is 0 Å². The normalized spacial score (nSPS) is 17.5. The second-order valence-corrected chi connectivity index (χ2v) is 7.27. The molecule has 1 aliphatic rings. The van der Waals surface area contributed by atoms with Crippen LogP contribution < -0.4 is 10.6 Å². The van der Waals surface area contributed by atoms with Gasteiger partial charge in [-0.1, -0.05) is 36.8 Å². The van der Waals surface area contributed by atoms with Crippen molar-refractivity contribution in [1.29, 1.82) is 0 Å². The van der Waals surface area contributed by atoms with Crippen LogP contribution in [0.5, 0.6) is 0 Å². The number of aryl methyl sites for hydroxylation is 1. The van der Waals surface area contributed by atoms with Gasteiger partial charge in [0.05, 0.1) is 6.54 Å². The first-order valence-corrected chi connectivity index (χ1v) is 9.55. The zero-order valence-corrected chi connectivity index (χ0v) is 19.1. The number of rotatable bonds is 7. The molecular formula is C20H36IN5. The molecule has 1 aliphatic heterocycles. The van der Waals surface area contributed by atoms with Gasteiger partial charge in [-0.2, -0.15) is 0 Å². The van der Waals surface area contributed by atoms with E-state index in [0.717, 1.165) is 25.6 Å². The number of halogens is 1. The monoisotopic (exact) mass is 473 g/mol. The molecular weight excluding hydrogens is 437 g/mol. The third kappa shape index (κ3) is 8.68. The van der Waals surface area contributed by atoms with Gasteiger partial charge in [-0.25, -0.2) is 4.99 Å². The Morgan fingerprint density at radius 2 is 1.92 bits per heavy atom. The summed E-state index contributed by atoms with van der Waals surface area (Å²) in [5.41, 5.74) is 2.54. The molecule has 0 bridgehead atoms. The Hall–Kier alpha value is -0.860. The fourth-order valence-corrected chi connectivity index (χ4v) is 3.13. The van der Waals surface area contributed by atoms with Crippen molar-refractivity contribution in [3.05, 3.63) is 35.4 Å². The van der Waals surface area contributed by atoms with Gasteiger partial charge < -0.3 is 20.4 Å². The molecule has 1 fully saturated rings. The van der Waals surface area contributed by atoms with Crippen LogP contribution >= 0.6 is 24.0 Å². The number of nitrogens with one attached hydrogen (secondary N) is 2. The zero-order chi connectivity index (χ0) is 18.1. The van der Waals surface area contributed by atoms with Gasteiger partial charge in [0.15, 0.2) is 5.96 Å². The first kappa shape index (κ1) is 23.2. The van der Waals surface area contributed by atoms with Crippen LogP contribution in [0.3, 0.4) is 0 Å². The van der Waals surface area contributed by atoms with Crippen molar-refractivity contribution in [2.75, 3.05) is 52.9 Å². The minimum atomic E-state index is 0. The molecule has 2 N–H and O–H groups in total. The van der Waals surface area contributed by atoms with Gasteiger partial charge in [-0.3, -0.25) is 0 Å². The predicted molar refractivity (Wildman–Crippen MR) is 123 cm³/mol. The molecule has 0 saturated carbocycles. The highest BCUT2D eigenvalue weighted by Crippen LogP contribution is 2.06. The summed E-state index contributed by atoms with van der Waals surface area (Å²) in [4.78, 5) is 9.70. The van der Waals surface area contributed by atoms with Crippen LogP contribution in [0.1, 0.15) is 25.0 Å². The van der Waals surface area contributed by atoms with Crippen LogP contribution in [-0.2, 0) is 6.54 Å². The van der Waals surface area contributed by atoms with E-state index in [1.807, 2.05) is 0 Å². The topological polar surface area (TPSA) is 42.9 Å². The van der Waals surface area contributed by atoms with Crippen LogP contribution in [0.2, 0.25) is 0 Å². The zero-order valence-electron chi connectivity index (χ0n) is 16.8. The van der Waals surface area contributed by atoms with Gasteiger partial charge in [0, 0.05) is 45.8 Å². The number of likely N-dealkylation sites (N-methyl/N-ethyl adjacent to an activating group) is 1. The second-order valence-electron chi connectivity index (χ2n) is 7.27. The number of guanidine groups is 1. The van der Waals surface area contributed by atoms with E-state index in [9.17, 15) is 0 Å². The maximum atomic E-state index is 4.73. The standard InChI is InChI=1S/C20H35N5.HI/c1-5-21-20(23-15-19-8-6-7-17(2)13-19)22-14-18(3)16-25-11-9-24(4)10-12-25;/h6-8,13,18H,5,9-12,14-16H2,1-4H3,(H2,21,22,23);1H. The van der Waals surface area contributed by atoms with E-state index in [-0.39, 0.29) is 24.0 Å². The van der Waals surface area contributed by atoms with E-state index >= 15 is 0 Å². The van der Waals surface area contributed by atoms with Gasteiger partial charge in [0.2, 0.25) is 0 Å². The number of piperazine rings is 1. The Balaban J connectivity index is 0.00000338. The van der Waals surface area contributed by atoms with E-state index in [0.29, 0.717) is 12.5 Å². The highest BCUT2D eigenvalue weighted by molar-refractivity contribution is 14.0. The molecule has 1 saturated heterocycles. The molecule has 5 nitrogen and oxygen atoms in total. The summed E-state index contributed by atoms with van der Waals surface area (Å²) in [7, 11) is 2.20. The van der Waals surface area contributed by atoms with Crippen molar-refractivity contribution in [1.82, 2.24) is 20.4 Å². The van der Waals surface area contributed by atoms with Crippen molar-refractivity contribution in [2.45, 2.75) is 27.3 Å². The SMILES string of the molecule is CCNC(=NCc1cccc(C)c1)NCC(C)CN1CCN(C)CC1.I. The maximum Gasteiger partial charge on any atom is 0.191 e. The van der Waals surface area contributed by atoms with Crippen LogP contribution in [0, 0.1) is 12.8 Å². The van der Waals surface area contributed by atoms with Crippen molar-refractivity contribution in [3.8, 4) is 0 Å². The molecule has 1 aromatic rings. The Bertz CT molecular complexity index is 541. The molecule has 0 amide bonds. The Kier molecular flexibility index (Phi) is 11.2. The number of nitrogens with zero attached hydrogens (tertiary/aromatic N) is 3. The first-order valence-electron chi connectivity index (χ1n) is 9.55. The fraction of sp³-hybridized carbons (Fsp3) is 0.650. The van der Waals surface area contributed by atoms with Gasteiger partial charge in [0.1, 0.15) is 0 Å². The molecule has 148 valence electrons. The summed E-state index contributed by atoms with van der Waals surface area (Å²) in [5, 5.41) is 6.86. The number of hydrogen-bond acceptors (Lipinski definition) is 3. The Morgan fingerprint density at radius 1 is 1.19 bits per heavy atom. The van der Waals surface area contributed by atoms with Crippen LogP contribution in [0.4, 0.5) is 0 Å². The fourth-order valence-electron chi connectivity index (χ4n) is 3.13. The Labute approximate surface area is 176 Å². The van der Waals surface area contributed by atoms with Crippen LogP contribution in [0.15, 0.2) is 29.3 Å². The lowest BCUT2D eigenvalue weighted by Crippen LogP contribution is -2.47. The summed E-state index contributed by atoms with van der Waals surface area (Å²) in [5.74, 6) is 1.51. The van der Waals surface area contributed by atoms with Crippen LogP contribution in [0.25, 0.3) is 0 Å². The molecule has 2 rings (SSSR count). The summed E-state index contributed by atoms with van der Waals surface area (Å²) in [6.07, 6.45) is 0. The Morgan fingerprint density at radius 3 is 2.58 bits per heavy atom. The van der Waals surface area contributed by atoms with Gasteiger partial charge in [-0.05, 0) is 32.4 Å². The maximum absolute atomic E-state index is 4.73. The van der Waals surface area contributed by atoms with Crippen molar-refractivity contribution in [3.63, 3.8) is 0 Å². The second kappa shape index (κ2) is 12.5. The lowest BCUT2D eigenvalue weighted by molar-refractivity contribution is 0.139. The molecule has 1 unspecified atom stereocenters. The van der Waals surface area contributed by atoms with Gasteiger partial charge in [-0.15, -0.1) is 24.0 Å². The minimum Gasteiger partial charge on any atom is -0.357 e. The average Bonchev–Trinajstić information content (AvgIpc) is 2.59. The molecule has 26 heavy (non-hydrogen) atoms. The van der Waals surface area contributed by atoms with Gasteiger partial charge in [0.25, 0.3) is 0 Å². The van der Waals surface area contributed by atoms with Crippen molar-refractivity contribution in [2.24, 2.45) is 10.9 Å². The molecule has 1 heterocycles. The quantitative estimate of drug-likeness (QED) is 0.363. The molecule has 1 aromatic carbocycles. The largest absolute Gasteiger partial charge is 0.357 e. The molecule has 1 atom stereocenters. The number of hydrogen-bond donors (Lipinski definition) is 2. The first-order chi connectivity index (χ1) is 12.1. The molecule has 0 aromatic heterocycles. The summed E-state index contributed by atoms with van der Waals surface area (Å²) in [6.45, 7) is 15.0. The molecule has 0 spiro atoms. The predicted octanol–water partition coefficient (Wildman–Crippen LogP) is 2.55. The van der Waals surface area contributed by atoms with E-state index < -0.39 is 0 Å². The smallest absolute Gasteiger partial charge is 0.191 e. The summed E-state index contributed by atoms with van der Waals surface area (Å²) in [6, 6.07) is 8.55. The highest BCUT2D eigenvalue weighted by Gasteiger charge is 2.16. The third-order valence-corrected chi connectivity index (χ3v) is 4.63. The lowest BCUT2D eigenvalue weighted by atomic mass is 10.1. The number of benzene rings is 1. The van der Waals surface area contributed by atoms with E-state index in [1.54, 1.807) is 0 Å². The number of aliphatic imine (C=N–C) groups is 1. The van der Waals surface area contributed by atoms with Crippen LogP contribution in [-0.4, -0.2) is 68.6 Å². The molecule has 6 heteroatoms. The molecule has 0 radical (unpaired) electrons. The van der Waals surface area contributed by atoms with E-state index in [4.69, 9.17) is 4.99 Å². The minimum absolute atomic E-state index is 0. The average molecular weight is 473 g/mol. The lowest BCUT2D eigenvalue weighted by Gasteiger charge is -2.34. The van der Waals surface area contributed by atoms with E-state index in [1.165, 1.54) is 37.3 Å². The summed E-state index contributed by atoms with van der Waals surface area (Å²) >= 11 is 0. The van der Waals surface area contributed by atoms with E-state index in [2.05, 4.69) is 72.5 Å². The third-order valence-electron chi connectivity index (χ3n) is 4.63. The summed E-state index contributed by atoms with van der Waals surface area (Å²) < 4.78 is 0. The van der Waals surface area contributed by atoms with Gasteiger partial charge >= 0.3 is 0 Å².